The van der Waals surface area contributed by atoms with E-state index in [4.69, 9.17) is 5.11 Å². The highest BCUT2D eigenvalue weighted by Gasteiger charge is 2.16. The second-order valence-electron chi connectivity index (χ2n) is 4.62. The van der Waals surface area contributed by atoms with Gasteiger partial charge in [-0.05, 0) is 43.0 Å². The Morgan fingerprint density at radius 3 is 2.75 bits per heavy atom. The number of aliphatic carboxylic acids is 1. The molecule has 1 fully saturated rings. The van der Waals surface area contributed by atoms with Gasteiger partial charge in [0.25, 0.3) is 0 Å². The maximum atomic E-state index is 12.0. The third-order valence-corrected chi connectivity index (χ3v) is 3.08. The van der Waals surface area contributed by atoms with E-state index in [-0.39, 0.29) is 6.03 Å². The monoisotopic (exact) mass is 275 g/mol. The van der Waals surface area contributed by atoms with Crippen molar-refractivity contribution in [2.75, 3.05) is 18.4 Å². The van der Waals surface area contributed by atoms with E-state index in [1.165, 1.54) is 12.3 Å². The van der Waals surface area contributed by atoms with Crippen LogP contribution in [-0.2, 0) is 4.79 Å². The van der Waals surface area contributed by atoms with Crippen molar-refractivity contribution < 1.29 is 14.7 Å². The lowest BCUT2D eigenvalue weighted by Crippen LogP contribution is -2.38. The molecular weight excluding hydrogens is 258 g/mol. The fraction of sp³-hybridized carbons (Fsp3) is 0.357. The average Bonchev–Trinajstić information content (AvgIpc) is 2.46. The largest absolute Gasteiger partial charge is 0.478 e. The minimum Gasteiger partial charge on any atom is -0.478 e. The number of carbonyl (C=O) groups is 2. The van der Waals surface area contributed by atoms with E-state index in [1.54, 1.807) is 17.0 Å². The molecular formula is C14H17N3O3. The number of likely N-dealkylation sites (tertiary alicyclic amines) is 1. The van der Waals surface area contributed by atoms with E-state index in [0.717, 1.165) is 38.4 Å². The lowest BCUT2D eigenvalue weighted by Gasteiger charge is -2.26. The Hall–Kier alpha value is -2.37. The Bertz CT molecular complexity index is 522. The second-order valence-corrected chi connectivity index (χ2v) is 4.62. The molecule has 1 saturated heterocycles. The molecule has 20 heavy (non-hydrogen) atoms. The van der Waals surface area contributed by atoms with Gasteiger partial charge in [0.05, 0.1) is 0 Å². The summed E-state index contributed by atoms with van der Waals surface area (Å²) in [5.74, 6) is -0.589. The number of hydrogen-bond donors (Lipinski definition) is 2. The Kier molecular flexibility index (Phi) is 4.70. The maximum Gasteiger partial charge on any atom is 0.328 e. The fourth-order valence-corrected chi connectivity index (χ4v) is 2.07. The number of amides is 2. The molecule has 0 bridgehead atoms. The molecule has 6 heteroatoms. The highest BCUT2D eigenvalue weighted by Crippen LogP contribution is 2.12. The Morgan fingerprint density at radius 2 is 2.05 bits per heavy atom. The van der Waals surface area contributed by atoms with Crippen LogP contribution in [0.5, 0.6) is 0 Å². The lowest BCUT2D eigenvalue weighted by molar-refractivity contribution is -0.131. The number of piperidine rings is 1. The Morgan fingerprint density at radius 1 is 1.30 bits per heavy atom. The third kappa shape index (κ3) is 4.08. The molecule has 0 unspecified atom stereocenters. The number of urea groups is 1. The van der Waals surface area contributed by atoms with E-state index < -0.39 is 5.97 Å². The van der Waals surface area contributed by atoms with Crippen molar-refractivity contribution in [2.45, 2.75) is 19.3 Å². The number of nitrogens with one attached hydrogen (secondary N) is 1. The molecule has 0 aromatic carbocycles. The van der Waals surface area contributed by atoms with Crippen LogP contribution in [0.3, 0.4) is 0 Å². The number of carboxylic acid groups (broad SMARTS) is 1. The fourth-order valence-electron chi connectivity index (χ4n) is 2.07. The number of rotatable bonds is 3. The highest BCUT2D eigenvalue weighted by molar-refractivity contribution is 5.89. The van der Waals surface area contributed by atoms with E-state index >= 15 is 0 Å². The van der Waals surface area contributed by atoms with Crippen LogP contribution in [0.15, 0.2) is 24.4 Å². The first-order chi connectivity index (χ1) is 9.65. The molecule has 1 aromatic heterocycles. The van der Waals surface area contributed by atoms with Gasteiger partial charge >= 0.3 is 12.0 Å². The summed E-state index contributed by atoms with van der Waals surface area (Å²) in [6.07, 6.45) is 7.27. The Balaban J connectivity index is 2.00. The van der Waals surface area contributed by atoms with Crippen molar-refractivity contribution in [3.05, 3.63) is 30.0 Å². The van der Waals surface area contributed by atoms with Gasteiger partial charge in [0.15, 0.2) is 0 Å². The molecule has 0 radical (unpaired) electrons. The Labute approximate surface area is 117 Å². The van der Waals surface area contributed by atoms with Crippen LogP contribution in [-0.4, -0.2) is 40.1 Å². The van der Waals surface area contributed by atoms with Crippen LogP contribution in [0.2, 0.25) is 0 Å². The van der Waals surface area contributed by atoms with Gasteiger partial charge in [0, 0.05) is 25.4 Å². The summed E-state index contributed by atoms with van der Waals surface area (Å²) in [6, 6.07) is 3.16. The average molecular weight is 275 g/mol. The molecule has 1 aromatic rings. The van der Waals surface area contributed by atoms with E-state index in [9.17, 15) is 9.59 Å². The molecule has 0 saturated carbocycles. The van der Waals surface area contributed by atoms with Crippen molar-refractivity contribution in [2.24, 2.45) is 0 Å². The number of hydrogen-bond acceptors (Lipinski definition) is 3. The van der Waals surface area contributed by atoms with Gasteiger partial charge in [-0.1, -0.05) is 0 Å². The van der Waals surface area contributed by atoms with Crippen LogP contribution in [0.4, 0.5) is 10.6 Å². The molecule has 2 heterocycles. The summed E-state index contributed by atoms with van der Waals surface area (Å²) in [5.41, 5.74) is 0.677. The normalized spacial score (nSPS) is 15.3. The predicted molar refractivity (Wildman–Crippen MR) is 75.3 cm³/mol. The van der Waals surface area contributed by atoms with Gasteiger partial charge in [-0.15, -0.1) is 0 Å². The zero-order valence-electron chi connectivity index (χ0n) is 11.1. The van der Waals surface area contributed by atoms with Crippen molar-refractivity contribution in [3.63, 3.8) is 0 Å². The minimum absolute atomic E-state index is 0.156. The first kappa shape index (κ1) is 14.0. The standard InChI is InChI=1S/C14H17N3O3/c18-13(19)5-4-11-6-7-15-12(10-11)16-14(20)17-8-2-1-3-9-17/h4-7,10H,1-3,8-9H2,(H,18,19)(H,15,16,20)/b5-4+. The molecule has 2 rings (SSSR count). The van der Waals surface area contributed by atoms with E-state index in [2.05, 4.69) is 10.3 Å². The summed E-state index contributed by atoms with van der Waals surface area (Å²) in [6.45, 7) is 1.54. The summed E-state index contributed by atoms with van der Waals surface area (Å²) in [5, 5.41) is 11.3. The number of pyridine rings is 1. The summed E-state index contributed by atoms with van der Waals surface area (Å²) in [4.78, 5) is 28.3. The maximum absolute atomic E-state index is 12.0. The number of carbonyl (C=O) groups excluding carboxylic acids is 1. The zero-order valence-corrected chi connectivity index (χ0v) is 11.1. The van der Waals surface area contributed by atoms with Crippen LogP contribution in [0, 0.1) is 0 Å². The molecule has 0 atom stereocenters. The van der Waals surface area contributed by atoms with Crippen LogP contribution < -0.4 is 5.32 Å². The van der Waals surface area contributed by atoms with Crippen molar-refractivity contribution in [1.29, 1.82) is 0 Å². The molecule has 6 nitrogen and oxygen atoms in total. The van der Waals surface area contributed by atoms with E-state index in [0.29, 0.717) is 11.4 Å². The number of nitrogens with zero attached hydrogens (tertiary/aromatic N) is 2. The van der Waals surface area contributed by atoms with Gasteiger partial charge in [-0.3, -0.25) is 5.32 Å². The van der Waals surface area contributed by atoms with Gasteiger partial charge in [0.1, 0.15) is 5.82 Å². The third-order valence-electron chi connectivity index (χ3n) is 3.08. The van der Waals surface area contributed by atoms with Gasteiger partial charge < -0.3 is 10.0 Å². The summed E-state index contributed by atoms with van der Waals surface area (Å²) >= 11 is 0. The zero-order chi connectivity index (χ0) is 14.4. The van der Waals surface area contributed by atoms with Crippen LogP contribution in [0.25, 0.3) is 6.08 Å². The molecule has 2 amide bonds. The SMILES string of the molecule is O=C(O)/C=C/c1ccnc(NC(=O)N2CCCCC2)c1. The van der Waals surface area contributed by atoms with Crippen LogP contribution in [0.1, 0.15) is 24.8 Å². The van der Waals surface area contributed by atoms with Gasteiger partial charge in [-0.25, -0.2) is 14.6 Å². The first-order valence-corrected chi connectivity index (χ1v) is 6.58. The smallest absolute Gasteiger partial charge is 0.328 e. The predicted octanol–water partition coefficient (Wildman–Crippen LogP) is 2.20. The number of anilines is 1. The first-order valence-electron chi connectivity index (χ1n) is 6.58. The second kappa shape index (κ2) is 6.70. The number of aromatic nitrogens is 1. The van der Waals surface area contributed by atoms with Crippen molar-refractivity contribution in [3.8, 4) is 0 Å². The van der Waals surface area contributed by atoms with E-state index in [1.807, 2.05) is 0 Å². The lowest BCUT2D eigenvalue weighted by atomic mass is 10.1. The number of carboxylic acids is 1. The quantitative estimate of drug-likeness (QED) is 0.828. The topological polar surface area (TPSA) is 82.5 Å². The highest BCUT2D eigenvalue weighted by atomic mass is 16.4. The van der Waals surface area contributed by atoms with Crippen molar-refractivity contribution in [1.82, 2.24) is 9.88 Å². The molecule has 1 aliphatic heterocycles. The molecule has 0 spiro atoms. The summed E-state index contributed by atoms with van der Waals surface area (Å²) < 4.78 is 0. The van der Waals surface area contributed by atoms with Gasteiger partial charge in [-0.2, -0.15) is 0 Å². The minimum atomic E-state index is -1.01. The van der Waals surface area contributed by atoms with Crippen molar-refractivity contribution >= 4 is 23.9 Å². The molecule has 1 aliphatic rings. The molecule has 106 valence electrons. The molecule has 0 aliphatic carbocycles. The molecule has 2 N–H and O–H groups in total. The van der Waals surface area contributed by atoms with Gasteiger partial charge in [0.2, 0.25) is 0 Å². The summed E-state index contributed by atoms with van der Waals surface area (Å²) in [7, 11) is 0. The van der Waals surface area contributed by atoms with Crippen LogP contribution >= 0.6 is 0 Å².